The number of halogens is 2. The maximum atomic E-state index is 13.4. The first-order chi connectivity index (χ1) is 7.02. The third-order valence-electron chi connectivity index (χ3n) is 2.93. The molecule has 0 aromatic heterocycles. The van der Waals surface area contributed by atoms with E-state index in [-0.39, 0.29) is 21.8 Å². The summed E-state index contributed by atoms with van der Waals surface area (Å²) in [4.78, 5) is 11.8. The third kappa shape index (κ3) is 2.20. The third-order valence-corrected chi connectivity index (χ3v) is 3.25. The highest BCUT2D eigenvalue weighted by molar-refractivity contribution is 6.34. The van der Waals surface area contributed by atoms with Crippen molar-refractivity contribution in [2.75, 3.05) is 0 Å². The van der Waals surface area contributed by atoms with E-state index in [1.165, 1.54) is 12.1 Å². The van der Waals surface area contributed by atoms with Crippen LogP contribution in [-0.4, -0.2) is 5.78 Å². The van der Waals surface area contributed by atoms with Crippen molar-refractivity contribution in [3.8, 4) is 0 Å². The molecule has 0 atom stereocenters. The second-order valence-corrected chi connectivity index (χ2v) is 4.91. The van der Waals surface area contributed by atoms with Gasteiger partial charge < -0.3 is 0 Å². The SMILES string of the molecule is CC1(CC(=O)c2c(F)cccc2Cl)CC1. The van der Waals surface area contributed by atoms with Gasteiger partial charge in [-0.1, -0.05) is 24.6 Å². The minimum Gasteiger partial charge on any atom is -0.294 e. The topological polar surface area (TPSA) is 17.1 Å². The molecule has 0 spiro atoms. The molecule has 0 amide bonds. The van der Waals surface area contributed by atoms with E-state index in [2.05, 4.69) is 0 Å². The predicted octanol–water partition coefficient (Wildman–Crippen LogP) is 3.85. The summed E-state index contributed by atoms with van der Waals surface area (Å²) in [7, 11) is 0. The van der Waals surface area contributed by atoms with Gasteiger partial charge in [-0.15, -0.1) is 0 Å². The second kappa shape index (κ2) is 3.60. The molecule has 3 heteroatoms. The molecular formula is C12H12ClFO. The predicted molar refractivity (Wildman–Crippen MR) is 57.7 cm³/mol. The summed E-state index contributed by atoms with van der Waals surface area (Å²) in [6, 6.07) is 4.33. The van der Waals surface area contributed by atoms with Crippen molar-refractivity contribution in [2.45, 2.75) is 26.2 Å². The van der Waals surface area contributed by atoms with Gasteiger partial charge in [-0.2, -0.15) is 0 Å². The Labute approximate surface area is 93.2 Å². The molecule has 0 radical (unpaired) electrons. The summed E-state index contributed by atoms with van der Waals surface area (Å²) in [5.41, 5.74) is 0.134. The van der Waals surface area contributed by atoms with Crippen LogP contribution in [-0.2, 0) is 0 Å². The van der Waals surface area contributed by atoms with Crippen LogP contribution in [0.3, 0.4) is 0 Å². The molecule has 1 aliphatic rings. The molecule has 0 N–H and O–H groups in total. The van der Waals surface area contributed by atoms with Crippen LogP contribution in [0, 0.1) is 11.2 Å². The Bertz CT molecular complexity index is 390. The first-order valence-electron chi connectivity index (χ1n) is 4.99. The fraction of sp³-hybridized carbons (Fsp3) is 0.417. The summed E-state index contributed by atoms with van der Waals surface area (Å²) in [6.45, 7) is 2.04. The Hall–Kier alpha value is -0.890. The fourth-order valence-corrected chi connectivity index (χ4v) is 1.90. The largest absolute Gasteiger partial charge is 0.294 e. The molecule has 1 aliphatic carbocycles. The van der Waals surface area contributed by atoms with Gasteiger partial charge in [0.15, 0.2) is 5.78 Å². The van der Waals surface area contributed by atoms with Gasteiger partial charge in [-0.05, 0) is 30.4 Å². The van der Waals surface area contributed by atoms with Crippen LogP contribution in [0.15, 0.2) is 18.2 Å². The van der Waals surface area contributed by atoms with Gasteiger partial charge in [-0.25, -0.2) is 4.39 Å². The van der Waals surface area contributed by atoms with Crippen molar-refractivity contribution >= 4 is 17.4 Å². The Morgan fingerprint density at radius 1 is 1.53 bits per heavy atom. The van der Waals surface area contributed by atoms with Gasteiger partial charge in [0.05, 0.1) is 10.6 Å². The lowest BCUT2D eigenvalue weighted by molar-refractivity contribution is 0.0955. The fourth-order valence-electron chi connectivity index (χ4n) is 1.63. The van der Waals surface area contributed by atoms with Crippen LogP contribution in [0.1, 0.15) is 36.5 Å². The van der Waals surface area contributed by atoms with E-state index in [0.29, 0.717) is 6.42 Å². The summed E-state index contributed by atoms with van der Waals surface area (Å²) in [5.74, 6) is -0.699. The molecule has 2 rings (SSSR count). The zero-order valence-electron chi connectivity index (χ0n) is 8.52. The number of rotatable bonds is 3. The summed E-state index contributed by atoms with van der Waals surface area (Å²) < 4.78 is 13.4. The summed E-state index contributed by atoms with van der Waals surface area (Å²) >= 11 is 5.81. The highest BCUT2D eigenvalue weighted by atomic mass is 35.5. The van der Waals surface area contributed by atoms with Gasteiger partial charge >= 0.3 is 0 Å². The second-order valence-electron chi connectivity index (χ2n) is 4.51. The molecule has 1 aromatic rings. The van der Waals surface area contributed by atoms with E-state index >= 15 is 0 Å². The number of carbonyl (C=O) groups excluding carboxylic acids is 1. The van der Waals surface area contributed by atoms with Crippen molar-refractivity contribution in [3.05, 3.63) is 34.6 Å². The Kier molecular flexibility index (Phi) is 2.55. The Balaban J connectivity index is 2.25. The van der Waals surface area contributed by atoms with E-state index in [1.807, 2.05) is 6.92 Å². The molecule has 1 saturated carbocycles. The molecule has 1 nitrogen and oxygen atoms in total. The number of Topliss-reactive ketones (excluding diaryl/α,β-unsaturated/α-hetero) is 1. The highest BCUT2D eigenvalue weighted by Crippen LogP contribution is 2.49. The van der Waals surface area contributed by atoms with E-state index in [9.17, 15) is 9.18 Å². The maximum Gasteiger partial charge on any atom is 0.167 e. The first kappa shape index (κ1) is 10.6. The minimum atomic E-state index is -0.517. The monoisotopic (exact) mass is 226 g/mol. The van der Waals surface area contributed by atoms with Crippen molar-refractivity contribution in [1.82, 2.24) is 0 Å². The smallest absolute Gasteiger partial charge is 0.167 e. The molecule has 0 bridgehead atoms. The Morgan fingerprint density at radius 2 is 2.20 bits per heavy atom. The number of hydrogen-bond acceptors (Lipinski definition) is 1. The van der Waals surface area contributed by atoms with Crippen molar-refractivity contribution in [3.63, 3.8) is 0 Å². The van der Waals surface area contributed by atoms with Gasteiger partial charge in [0.2, 0.25) is 0 Å². The number of ketones is 1. The van der Waals surface area contributed by atoms with Crippen LogP contribution in [0.5, 0.6) is 0 Å². The van der Waals surface area contributed by atoms with Crippen molar-refractivity contribution < 1.29 is 9.18 Å². The average molecular weight is 227 g/mol. The van der Waals surface area contributed by atoms with E-state index < -0.39 is 5.82 Å². The minimum absolute atomic E-state index is 0.0484. The zero-order chi connectivity index (χ0) is 11.1. The first-order valence-corrected chi connectivity index (χ1v) is 5.37. The van der Waals surface area contributed by atoms with Gasteiger partial charge in [0.1, 0.15) is 5.82 Å². The molecule has 0 unspecified atom stereocenters. The number of benzene rings is 1. The van der Waals surface area contributed by atoms with Crippen LogP contribution >= 0.6 is 11.6 Å². The molecule has 15 heavy (non-hydrogen) atoms. The van der Waals surface area contributed by atoms with E-state index in [1.54, 1.807) is 6.07 Å². The summed E-state index contributed by atoms with van der Waals surface area (Å²) in [5, 5.41) is 0.212. The summed E-state index contributed by atoms with van der Waals surface area (Å²) in [6.07, 6.45) is 2.49. The maximum absolute atomic E-state index is 13.4. The lowest BCUT2D eigenvalue weighted by Gasteiger charge is -2.08. The molecule has 0 saturated heterocycles. The van der Waals surface area contributed by atoms with Gasteiger partial charge in [0, 0.05) is 6.42 Å². The quantitative estimate of drug-likeness (QED) is 0.716. The van der Waals surface area contributed by atoms with Gasteiger partial charge in [-0.3, -0.25) is 4.79 Å². The lowest BCUT2D eigenvalue weighted by Crippen LogP contribution is -2.09. The normalized spacial score (nSPS) is 17.5. The molecule has 0 heterocycles. The lowest BCUT2D eigenvalue weighted by atomic mass is 9.97. The van der Waals surface area contributed by atoms with E-state index in [4.69, 9.17) is 11.6 Å². The number of carbonyl (C=O) groups is 1. The molecule has 0 aliphatic heterocycles. The van der Waals surface area contributed by atoms with E-state index in [0.717, 1.165) is 12.8 Å². The molecule has 1 aromatic carbocycles. The van der Waals surface area contributed by atoms with Crippen LogP contribution in [0.4, 0.5) is 4.39 Å². The molecule has 1 fully saturated rings. The average Bonchev–Trinajstić information content (AvgIpc) is 2.82. The van der Waals surface area contributed by atoms with Crippen molar-refractivity contribution in [2.24, 2.45) is 5.41 Å². The molecule has 80 valence electrons. The molecular weight excluding hydrogens is 215 g/mol. The van der Waals surface area contributed by atoms with Crippen LogP contribution in [0.25, 0.3) is 0 Å². The highest BCUT2D eigenvalue weighted by Gasteiger charge is 2.39. The van der Waals surface area contributed by atoms with Crippen LogP contribution in [0.2, 0.25) is 5.02 Å². The number of hydrogen-bond donors (Lipinski definition) is 0. The van der Waals surface area contributed by atoms with Crippen molar-refractivity contribution in [1.29, 1.82) is 0 Å². The standard InChI is InChI=1S/C12H12ClFO/c1-12(5-6-12)7-10(15)11-8(13)3-2-4-9(11)14/h2-4H,5-7H2,1H3. The van der Waals surface area contributed by atoms with Gasteiger partial charge in [0.25, 0.3) is 0 Å². The Morgan fingerprint density at radius 3 is 2.73 bits per heavy atom. The zero-order valence-corrected chi connectivity index (χ0v) is 9.27. The van der Waals surface area contributed by atoms with Crippen LogP contribution < -0.4 is 0 Å².